The van der Waals surface area contributed by atoms with Gasteiger partial charge < -0.3 is 10.1 Å². The first kappa shape index (κ1) is 19.3. The maximum absolute atomic E-state index is 12.3. The third kappa shape index (κ3) is 5.76. The lowest BCUT2D eigenvalue weighted by molar-refractivity contribution is -0.115. The van der Waals surface area contributed by atoms with Crippen LogP contribution in [0.15, 0.2) is 28.6 Å². The Kier molecular flexibility index (Phi) is 6.45. The van der Waals surface area contributed by atoms with E-state index in [4.69, 9.17) is 4.74 Å². The lowest BCUT2D eigenvalue weighted by atomic mass is 10.2. The molecule has 0 radical (unpaired) electrons. The van der Waals surface area contributed by atoms with E-state index in [2.05, 4.69) is 20.2 Å². The van der Waals surface area contributed by atoms with E-state index in [1.165, 1.54) is 0 Å². The standard InChI is InChI=1S/C15H20N4O4S2/c1-4-13(20)16-14-17-18-15(24-14)25(21,22)19-11(3)9-23-12-7-5-10(2)6-8-12/h5-8,11,19H,4,9H2,1-3H3,(H,16,17,20)/t11-/m1/s1. The fraction of sp³-hybridized carbons (Fsp3) is 0.400. The lowest BCUT2D eigenvalue weighted by Crippen LogP contribution is -2.36. The molecule has 0 saturated heterocycles. The molecule has 0 aliphatic rings. The van der Waals surface area contributed by atoms with Gasteiger partial charge in [-0.1, -0.05) is 36.0 Å². The number of nitrogens with zero attached hydrogens (tertiary/aromatic N) is 2. The van der Waals surface area contributed by atoms with Crippen LogP contribution in [0.4, 0.5) is 5.13 Å². The number of sulfonamides is 1. The molecule has 0 fully saturated rings. The summed E-state index contributed by atoms with van der Waals surface area (Å²) in [6.07, 6.45) is 0.271. The number of hydrogen-bond donors (Lipinski definition) is 2. The Balaban J connectivity index is 1.93. The van der Waals surface area contributed by atoms with Gasteiger partial charge in [0.2, 0.25) is 15.4 Å². The first-order chi connectivity index (χ1) is 11.8. The molecule has 2 N–H and O–H groups in total. The molecule has 0 aliphatic heterocycles. The molecular formula is C15H20N4O4S2. The highest BCUT2D eigenvalue weighted by molar-refractivity contribution is 7.91. The predicted molar refractivity (Wildman–Crippen MR) is 95.3 cm³/mol. The van der Waals surface area contributed by atoms with Crippen molar-refractivity contribution in [1.82, 2.24) is 14.9 Å². The molecule has 1 aromatic carbocycles. The van der Waals surface area contributed by atoms with Crippen LogP contribution in [-0.2, 0) is 14.8 Å². The zero-order chi connectivity index (χ0) is 18.4. The first-order valence-electron chi connectivity index (χ1n) is 7.65. The summed E-state index contributed by atoms with van der Waals surface area (Å²) in [5.74, 6) is 0.407. The Morgan fingerprint density at radius 1 is 1.28 bits per heavy atom. The molecule has 1 aromatic heterocycles. The minimum atomic E-state index is -3.83. The van der Waals surface area contributed by atoms with Gasteiger partial charge in [-0.15, -0.1) is 10.2 Å². The molecule has 2 rings (SSSR count). The Morgan fingerprint density at radius 2 is 1.96 bits per heavy atom. The minimum absolute atomic E-state index is 0.149. The summed E-state index contributed by atoms with van der Waals surface area (Å²) in [4.78, 5) is 11.3. The van der Waals surface area contributed by atoms with E-state index in [0.29, 0.717) is 5.75 Å². The van der Waals surface area contributed by atoms with E-state index < -0.39 is 16.1 Å². The average molecular weight is 384 g/mol. The van der Waals surface area contributed by atoms with Crippen LogP contribution in [0.5, 0.6) is 5.75 Å². The molecule has 1 atom stereocenters. The molecule has 136 valence electrons. The fourth-order valence-corrected chi connectivity index (χ4v) is 3.94. The summed E-state index contributed by atoms with van der Waals surface area (Å²) in [7, 11) is -3.83. The zero-order valence-electron chi connectivity index (χ0n) is 14.1. The molecule has 25 heavy (non-hydrogen) atoms. The fourth-order valence-electron chi connectivity index (χ4n) is 1.78. The first-order valence-corrected chi connectivity index (χ1v) is 9.95. The number of hydrogen-bond acceptors (Lipinski definition) is 7. The molecule has 8 nitrogen and oxygen atoms in total. The molecule has 0 bridgehead atoms. The van der Waals surface area contributed by atoms with Crippen LogP contribution in [0.3, 0.4) is 0 Å². The zero-order valence-corrected chi connectivity index (χ0v) is 15.8. The number of benzene rings is 1. The van der Waals surface area contributed by atoms with Crippen LogP contribution in [0.1, 0.15) is 25.8 Å². The molecule has 0 saturated carbocycles. The van der Waals surface area contributed by atoms with Crippen molar-refractivity contribution >= 4 is 32.4 Å². The molecule has 2 aromatic rings. The Labute approximate surface area is 150 Å². The van der Waals surface area contributed by atoms with Crippen LogP contribution in [-0.4, -0.2) is 37.2 Å². The highest BCUT2D eigenvalue weighted by Gasteiger charge is 2.23. The van der Waals surface area contributed by atoms with Crippen LogP contribution in [0.2, 0.25) is 0 Å². The summed E-state index contributed by atoms with van der Waals surface area (Å²) in [6, 6.07) is 7.01. The molecule has 0 aliphatic carbocycles. The topological polar surface area (TPSA) is 110 Å². The minimum Gasteiger partial charge on any atom is -0.492 e. The van der Waals surface area contributed by atoms with E-state index >= 15 is 0 Å². The highest BCUT2D eigenvalue weighted by Crippen LogP contribution is 2.20. The van der Waals surface area contributed by atoms with E-state index in [9.17, 15) is 13.2 Å². The van der Waals surface area contributed by atoms with E-state index in [0.717, 1.165) is 16.9 Å². The van der Waals surface area contributed by atoms with Gasteiger partial charge in [0.05, 0.1) is 6.04 Å². The van der Waals surface area contributed by atoms with Gasteiger partial charge in [0.25, 0.3) is 10.0 Å². The van der Waals surface area contributed by atoms with Gasteiger partial charge in [-0.25, -0.2) is 13.1 Å². The number of carbonyl (C=O) groups excluding carboxylic acids is 1. The number of aryl methyl sites for hydroxylation is 1. The normalized spacial score (nSPS) is 12.6. The maximum atomic E-state index is 12.3. The number of amides is 1. The Hall–Kier alpha value is -2.04. The van der Waals surface area contributed by atoms with Gasteiger partial charge in [0, 0.05) is 6.42 Å². The molecule has 1 amide bonds. The molecule has 10 heteroatoms. The van der Waals surface area contributed by atoms with Gasteiger partial charge in [-0.05, 0) is 26.0 Å². The number of nitrogens with one attached hydrogen (secondary N) is 2. The van der Waals surface area contributed by atoms with Crippen LogP contribution in [0, 0.1) is 6.92 Å². The van der Waals surface area contributed by atoms with E-state index in [1.54, 1.807) is 13.8 Å². The second kappa shape index (κ2) is 8.37. The molecular weight excluding hydrogens is 364 g/mol. The van der Waals surface area contributed by atoms with Crippen LogP contribution in [0.25, 0.3) is 0 Å². The van der Waals surface area contributed by atoms with Crippen molar-refractivity contribution < 1.29 is 17.9 Å². The number of rotatable bonds is 8. The van der Waals surface area contributed by atoms with Crippen molar-refractivity contribution in [3.8, 4) is 5.75 Å². The van der Waals surface area contributed by atoms with Gasteiger partial charge in [-0.3, -0.25) is 4.79 Å². The predicted octanol–water partition coefficient (Wildman–Crippen LogP) is 1.94. The number of ether oxygens (including phenoxy) is 1. The van der Waals surface area contributed by atoms with Gasteiger partial charge in [-0.2, -0.15) is 0 Å². The number of carbonyl (C=O) groups is 1. The summed E-state index contributed by atoms with van der Waals surface area (Å²) < 4.78 is 32.4. The summed E-state index contributed by atoms with van der Waals surface area (Å²) in [5, 5.41) is 9.91. The van der Waals surface area contributed by atoms with Crippen LogP contribution < -0.4 is 14.8 Å². The van der Waals surface area contributed by atoms with Gasteiger partial charge >= 0.3 is 0 Å². The van der Waals surface area contributed by atoms with Crippen LogP contribution >= 0.6 is 11.3 Å². The van der Waals surface area contributed by atoms with Crippen molar-refractivity contribution in [3.63, 3.8) is 0 Å². The molecule has 1 heterocycles. The SMILES string of the molecule is CCC(=O)Nc1nnc(S(=O)(=O)N[C@H](C)COc2ccc(C)cc2)s1. The summed E-state index contributed by atoms with van der Waals surface area (Å²) >= 11 is 0.796. The number of anilines is 1. The largest absolute Gasteiger partial charge is 0.492 e. The van der Waals surface area contributed by atoms with Crippen molar-refractivity contribution in [2.45, 2.75) is 37.6 Å². The van der Waals surface area contributed by atoms with Crippen molar-refractivity contribution in [2.75, 3.05) is 11.9 Å². The Bertz CT molecular complexity index is 818. The van der Waals surface area contributed by atoms with Crippen molar-refractivity contribution in [3.05, 3.63) is 29.8 Å². The maximum Gasteiger partial charge on any atom is 0.270 e. The van der Waals surface area contributed by atoms with Crippen molar-refractivity contribution in [1.29, 1.82) is 0 Å². The second-order valence-electron chi connectivity index (χ2n) is 5.42. The second-order valence-corrected chi connectivity index (χ2v) is 8.29. The Morgan fingerprint density at radius 3 is 2.60 bits per heavy atom. The molecule has 0 unspecified atom stereocenters. The third-order valence-corrected chi connectivity index (χ3v) is 5.88. The monoisotopic (exact) mass is 384 g/mol. The van der Waals surface area contributed by atoms with E-state index in [-0.39, 0.29) is 28.4 Å². The quantitative estimate of drug-likeness (QED) is 0.673. The smallest absolute Gasteiger partial charge is 0.270 e. The summed E-state index contributed by atoms with van der Waals surface area (Å²) in [6.45, 7) is 5.51. The average Bonchev–Trinajstić information content (AvgIpc) is 3.03. The number of aromatic nitrogens is 2. The third-order valence-electron chi connectivity index (χ3n) is 3.08. The lowest BCUT2D eigenvalue weighted by Gasteiger charge is -2.14. The van der Waals surface area contributed by atoms with Gasteiger partial charge in [0.1, 0.15) is 12.4 Å². The van der Waals surface area contributed by atoms with E-state index in [1.807, 2.05) is 31.2 Å². The molecule has 0 spiro atoms. The van der Waals surface area contributed by atoms with Gasteiger partial charge in [0.15, 0.2) is 0 Å². The highest BCUT2D eigenvalue weighted by atomic mass is 32.2. The summed E-state index contributed by atoms with van der Waals surface area (Å²) in [5.41, 5.74) is 1.11. The van der Waals surface area contributed by atoms with Crippen molar-refractivity contribution in [2.24, 2.45) is 0 Å².